The van der Waals surface area contributed by atoms with E-state index in [1.54, 1.807) is 0 Å². The number of piperidine rings is 1. The van der Waals surface area contributed by atoms with Crippen LogP contribution in [0.1, 0.15) is 25.8 Å². The number of nitrogens with zero attached hydrogens (tertiary/aromatic N) is 2. The first-order chi connectivity index (χ1) is 14.7. The van der Waals surface area contributed by atoms with E-state index >= 15 is 0 Å². The van der Waals surface area contributed by atoms with Gasteiger partial charge in [-0.2, -0.15) is 0 Å². The first-order valence-electron chi connectivity index (χ1n) is 10.7. The summed E-state index contributed by atoms with van der Waals surface area (Å²) in [6, 6.07) is 19.3. The summed E-state index contributed by atoms with van der Waals surface area (Å²) in [4.78, 5) is 4.56. The fourth-order valence-electron chi connectivity index (χ4n) is 4.69. The van der Waals surface area contributed by atoms with Gasteiger partial charge in [-0.15, -0.1) is 0 Å². The number of nitrogens with one attached hydrogen (secondary N) is 1. The van der Waals surface area contributed by atoms with Crippen molar-refractivity contribution in [2.24, 2.45) is 5.92 Å². The molecule has 2 aromatic carbocycles. The second kappa shape index (κ2) is 8.25. The fraction of sp³-hybridized carbons (Fsp3) is 0.269. The molecule has 0 bridgehead atoms. The van der Waals surface area contributed by atoms with E-state index in [4.69, 9.17) is 11.6 Å². The van der Waals surface area contributed by atoms with Crippen LogP contribution < -0.4 is 5.32 Å². The van der Waals surface area contributed by atoms with Gasteiger partial charge in [0.25, 0.3) is 0 Å². The van der Waals surface area contributed by atoms with Crippen LogP contribution in [-0.4, -0.2) is 22.6 Å². The predicted octanol–water partition coefficient (Wildman–Crippen LogP) is 6.58. The molecule has 4 heteroatoms. The van der Waals surface area contributed by atoms with Crippen molar-refractivity contribution in [2.45, 2.75) is 25.8 Å². The molecule has 0 saturated carbocycles. The number of hydrogen-bond donors (Lipinski definition) is 1. The zero-order chi connectivity index (χ0) is 20.5. The third kappa shape index (κ3) is 3.64. The number of fused-ring (bicyclic) bond motifs is 1. The lowest BCUT2D eigenvalue weighted by atomic mass is 9.92. The molecule has 1 aliphatic heterocycles. The highest BCUT2D eigenvalue weighted by molar-refractivity contribution is 6.31. The van der Waals surface area contributed by atoms with Gasteiger partial charge in [0.15, 0.2) is 0 Å². The van der Waals surface area contributed by atoms with Crippen molar-refractivity contribution < 1.29 is 0 Å². The Labute approximate surface area is 182 Å². The van der Waals surface area contributed by atoms with Crippen LogP contribution in [0, 0.1) is 5.92 Å². The summed E-state index contributed by atoms with van der Waals surface area (Å²) in [7, 11) is 0. The molecular formula is C26H26ClN3. The Morgan fingerprint density at radius 2 is 1.87 bits per heavy atom. The van der Waals surface area contributed by atoms with E-state index in [2.05, 4.69) is 70.5 Å². The maximum atomic E-state index is 6.41. The standard InChI is InChI=1S/C26H26ClN3/c1-18(20-8-5-11-28-14-20)30-17-25(24-13-23(27)9-10-26(24)30)22-12-21(15-29-16-22)19-6-3-2-4-7-19/h2-4,6-7,9-10,12-13,15-18,20,28H,5,8,11,14H2,1H3. The second-order valence-corrected chi connectivity index (χ2v) is 8.72. The normalized spacial score (nSPS) is 17.9. The molecule has 0 amide bonds. The molecule has 3 nitrogen and oxygen atoms in total. The minimum atomic E-state index is 0.417. The van der Waals surface area contributed by atoms with E-state index in [1.807, 2.05) is 24.5 Å². The van der Waals surface area contributed by atoms with Gasteiger partial charge in [0, 0.05) is 57.2 Å². The third-order valence-corrected chi connectivity index (χ3v) is 6.64. The summed E-state index contributed by atoms with van der Waals surface area (Å²) in [6.07, 6.45) is 8.70. The monoisotopic (exact) mass is 415 g/mol. The van der Waals surface area contributed by atoms with Crippen molar-refractivity contribution in [2.75, 3.05) is 13.1 Å². The first kappa shape index (κ1) is 19.3. The highest BCUT2D eigenvalue weighted by atomic mass is 35.5. The molecule has 152 valence electrons. The highest BCUT2D eigenvalue weighted by Gasteiger charge is 2.23. The molecular weight excluding hydrogens is 390 g/mol. The lowest BCUT2D eigenvalue weighted by molar-refractivity contribution is 0.284. The van der Waals surface area contributed by atoms with Crippen LogP contribution >= 0.6 is 11.6 Å². The zero-order valence-corrected chi connectivity index (χ0v) is 17.9. The molecule has 1 N–H and O–H groups in total. The zero-order valence-electron chi connectivity index (χ0n) is 17.2. The number of hydrogen-bond acceptors (Lipinski definition) is 2. The topological polar surface area (TPSA) is 29.9 Å². The Kier molecular flexibility index (Phi) is 5.32. The lowest BCUT2D eigenvalue weighted by Gasteiger charge is -2.30. The number of halogens is 1. The van der Waals surface area contributed by atoms with E-state index in [0.717, 1.165) is 29.2 Å². The van der Waals surface area contributed by atoms with Gasteiger partial charge in [-0.3, -0.25) is 4.98 Å². The molecule has 2 unspecified atom stereocenters. The number of pyridine rings is 1. The van der Waals surface area contributed by atoms with Crippen LogP contribution in [0.15, 0.2) is 73.2 Å². The third-order valence-electron chi connectivity index (χ3n) is 6.41. The maximum Gasteiger partial charge on any atom is 0.0490 e. The van der Waals surface area contributed by atoms with E-state index < -0.39 is 0 Å². The van der Waals surface area contributed by atoms with Crippen molar-refractivity contribution >= 4 is 22.5 Å². The van der Waals surface area contributed by atoms with Crippen LogP contribution in [0.4, 0.5) is 0 Å². The van der Waals surface area contributed by atoms with Crippen LogP contribution in [0.3, 0.4) is 0 Å². The van der Waals surface area contributed by atoms with Gasteiger partial charge in [-0.25, -0.2) is 0 Å². The molecule has 30 heavy (non-hydrogen) atoms. The molecule has 2 aromatic heterocycles. The molecule has 2 atom stereocenters. The molecule has 3 heterocycles. The minimum Gasteiger partial charge on any atom is -0.344 e. The Balaban J connectivity index is 1.62. The molecule has 0 radical (unpaired) electrons. The number of aromatic nitrogens is 2. The van der Waals surface area contributed by atoms with Crippen molar-refractivity contribution in [3.63, 3.8) is 0 Å². The molecule has 5 rings (SSSR count). The van der Waals surface area contributed by atoms with Gasteiger partial charge < -0.3 is 9.88 Å². The predicted molar refractivity (Wildman–Crippen MR) is 126 cm³/mol. The fourth-order valence-corrected chi connectivity index (χ4v) is 4.86. The summed E-state index contributed by atoms with van der Waals surface area (Å²) >= 11 is 6.41. The molecule has 0 aliphatic carbocycles. The summed E-state index contributed by atoms with van der Waals surface area (Å²) < 4.78 is 2.44. The Bertz CT molecular complexity index is 1160. The molecule has 4 aromatic rings. The van der Waals surface area contributed by atoms with Crippen LogP contribution in [0.25, 0.3) is 33.2 Å². The average molecular weight is 416 g/mol. The number of rotatable bonds is 4. The Morgan fingerprint density at radius 3 is 2.67 bits per heavy atom. The van der Waals surface area contributed by atoms with Gasteiger partial charge in [-0.05, 0) is 68.6 Å². The lowest BCUT2D eigenvalue weighted by Crippen LogP contribution is -2.34. The highest BCUT2D eigenvalue weighted by Crippen LogP contribution is 2.37. The quantitative estimate of drug-likeness (QED) is 0.407. The number of benzene rings is 2. The van der Waals surface area contributed by atoms with E-state index in [-0.39, 0.29) is 0 Å². The van der Waals surface area contributed by atoms with Gasteiger partial charge in [0.1, 0.15) is 0 Å². The van der Waals surface area contributed by atoms with Crippen molar-refractivity contribution in [1.29, 1.82) is 0 Å². The summed E-state index contributed by atoms with van der Waals surface area (Å²) in [6.45, 7) is 4.55. The smallest absolute Gasteiger partial charge is 0.0490 e. The maximum absolute atomic E-state index is 6.41. The van der Waals surface area contributed by atoms with E-state index in [9.17, 15) is 0 Å². The van der Waals surface area contributed by atoms with Crippen molar-refractivity contribution in [3.05, 3.63) is 78.2 Å². The molecule has 1 fully saturated rings. The first-order valence-corrected chi connectivity index (χ1v) is 11.1. The van der Waals surface area contributed by atoms with Crippen LogP contribution in [0.5, 0.6) is 0 Å². The summed E-state index contributed by atoms with van der Waals surface area (Å²) in [5.74, 6) is 0.631. The summed E-state index contributed by atoms with van der Waals surface area (Å²) in [5.41, 5.74) is 5.85. The Hall–Kier alpha value is -2.62. The van der Waals surface area contributed by atoms with Gasteiger partial charge >= 0.3 is 0 Å². The molecule has 1 saturated heterocycles. The minimum absolute atomic E-state index is 0.417. The Morgan fingerprint density at radius 1 is 1.03 bits per heavy atom. The van der Waals surface area contributed by atoms with Crippen LogP contribution in [-0.2, 0) is 0 Å². The summed E-state index contributed by atoms with van der Waals surface area (Å²) in [5, 5.41) is 5.51. The molecule has 1 aliphatic rings. The van der Waals surface area contributed by atoms with Gasteiger partial charge in [0.2, 0.25) is 0 Å². The van der Waals surface area contributed by atoms with Gasteiger partial charge in [0.05, 0.1) is 0 Å². The largest absolute Gasteiger partial charge is 0.344 e. The SMILES string of the molecule is CC(C1CCCNC1)n1cc(-c2cncc(-c3ccccc3)c2)c2cc(Cl)ccc21. The van der Waals surface area contributed by atoms with Crippen LogP contribution in [0.2, 0.25) is 5.02 Å². The van der Waals surface area contributed by atoms with Gasteiger partial charge in [-0.1, -0.05) is 41.9 Å². The van der Waals surface area contributed by atoms with Crippen molar-refractivity contribution in [1.82, 2.24) is 14.9 Å². The molecule has 0 spiro atoms. The van der Waals surface area contributed by atoms with Crippen molar-refractivity contribution in [3.8, 4) is 22.3 Å². The van der Waals surface area contributed by atoms with E-state index in [0.29, 0.717) is 12.0 Å². The second-order valence-electron chi connectivity index (χ2n) is 8.29. The average Bonchev–Trinajstić information content (AvgIpc) is 3.18. The van der Waals surface area contributed by atoms with E-state index in [1.165, 1.54) is 34.9 Å².